The first kappa shape index (κ1) is 16.8. The number of methoxy groups -OCH3 is 1. The van der Waals surface area contributed by atoms with Crippen LogP contribution >= 0.6 is 0 Å². The highest BCUT2D eigenvalue weighted by molar-refractivity contribution is 5.93. The zero-order valence-electron chi connectivity index (χ0n) is 14.4. The molecule has 0 aliphatic carbocycles. The van der Waals surface area contributed by atoms with Crippen molar-refractivity contribution in [1.29, 1.82) is 5.26 Å². The second-order valence-corrected chi connectivity index (χ2v) is 6.25. The van der Waals surface area contributed by atoms with E-state index in [1.54, 1.807) is 18.0 Å². The summed E-state index contributed by atoms with van der Waals surface area (Å²) in [6, 6.07) is 7.73. The summed E-state index contributed by atoms with van der Waals surface area (Å²) in [7, 11) is 1.60. The highest BCUT2D eigenvalue weighted by Crippen LogP contribution is 2.31. The lowest BCUT2D eigenvalue weighted by Gasteiger charge is -2.24. The zero-order valence-corrected chi connectivity index (χ0v) is 14.4. The number of fused-ring (bicyclic) bond motifs is 1. The standard InChI is InChI=1S/C18H20N4O3/c1-11(2)22-9-14(8-19)17(21-22)20-18(23)13-6-12-7-15(24-3)4-5-16(12)25-10-13/h4-5,7,9,11,13H,6,10H2,1-3H3,(H,20,21,23)/t13-/m0/s1. The van der Waals surface area contributed by atoms with E-state index in [9.17, 15) is 10.1 Å². The van der Waals surface area contributed by atoms with Crippen molar-refractivity contribution in [3.8, 4) is 17.6 Å². The number of nitrogens with one attached hydrogen (secondary N) is 1. The molecule has 7 heteroatoms. The molecule has 1 aromatic heterocycles. The van der Waals surface area contributed by atoms with Gasteiger partial charge in [-0.1, -0.05) is 0 Å². The van der Waals surface area contributed by atoms with Crippen LogP contribution in [0.4, 0.5) is 5.82 Å². The molecule has 130 valence electrons. The maximum absolute atomic E-state index is 12.6. The second kappa shape index (κ2) is 6.85. The Morgan fingerprint density at radius 1 is 1.52 bits per heavy atom. The predicted molar refractivity (Wildman–Crippen MR) is 91.6 cm³/mol. The van der Waals surface area contributed by atoms with Gasteiger partial charge in [0.15, 0.2) is 5.82 Å². The fraction of sp³-hybridized carbons (Fsp3) is 0.389. The van der Waals surface area contributed by atoms with Gasteiger partial charge in [0.1, 0.15) is 29.7 Å². The molecule has 1 aliphatic heterocycles. The van der Waals surface area contributed by atoms with Gasteiger partial charge in [-0.3, -0.25) is 9.48 Å². The Hall–Kier alpha value is -3.01. The lowest BCUT2D eigenvalue weighted by molar-refractivity contribution is -0.121. The molecule has 1 aliphatic rings. The third kappa shape index (κ3) is 3.43. The lowest BCUT2D eigenvalue weighted by Crippen LogP contribution is -2.33. The van der Waals surface area contributed by atoms with Gasteiger partial charge in [-0.05, 0) is 44.0 Å². The second-order valence-electron chi connectivity index (χ2n) is 6.25. The van der Waals surface area contributed by atoms with Crippen molar-refractivity contribution in [2.24, 2.45) is 5.92 Å². The molecule has 1 aromatic carbocycles. The van der Waals surface area contributed by atoms with Crippen molar-refractivity contribution in [3.63, 3.8) is 0 Å². The fourth-order valence-corrected chi connectivity index (χ4v) is 2.72. The van der Waals surface area contributed by atoms with E-state index in [1.807, 2.05) is 32.0 Å². The largest absolute Gasteiger partial charge is 0.497 e. The summed E-state index contributed by atoms with van der Waals surface area (Å²) in [5.74, 6) is 1.23. The number of aromatic nitrogens is 2. The molecule has 3 rings (SSSR count). The number of carbonyl (C=O) groups is 1. The van der Waals surface area contributed by atoms with Crippen LogP contribution in [0.3, 0.4) is 0 Å². The normalized spacial score (nSPS) is 15.9. The number of hydrogen-bond acceptors (Lipinski definition) is 5. The van der Waals surface area contributed by atoms with Gasteiger partial charge in [0.25, 0.3) is 0 Å². The summed E-state index contributed by atoms with van der Waals surface area (Å²) in [5.41, 5.74) is 1.28. The number of ether oxygens (including phenoxy) is 2. The van der Waals surface area contributed by atoms with Gasteiger partial charge in [-0.2, -0.15) is 10.4 Å². The molecule has 1 atom stereocenters. The quantitative estimate of drug-likeness (QED) is 0.924. The van der Waals surface area contributed by atoms with Crippen LogP contribution in [0, 0.1) is 17.2 Å². The number of anilines is 1. The van der Waals surface area contributed by atoms with Gasteiger partial charge >= 0.3 is 0 Å². The maximum Gasteiger partial charge on any atom is 0.232 e. The first-order chi connectivity index (χ1) is 12.0. The van der Waals surface area contributed by atoms with Crippen LogP contribution in [-0.4, -0.2) is 29.4 Å². The molecule has 0 fully saturated rings. The van der Waals surface area contributed by atoms with Gasteiger partial charge < -0.3 is 14.8 Å². The molecule has 1 N–H and O–H groups in total. The van der Waals surface area contributed by atoms with Crippen LogP contribution in [0.25, 0.3) is 0 Å². The summed E-state index contributed by atoms with van der Waals surface area (Å²) in [4.78, 5) is 12.6. The third-order valence-electron chi connectivity index (χ3n) is 4.17. The fourth-order valence-electron chi connectivity index (χ4n) is 2.72. The molecule has 0 spiro atoms. The van der Waals surface area contributed by atoms with Crippen molar-refractivity contribution in [3.05, 3.63) is 35.5 Å². The number of nitriles is 1. The molecule has 25 heavy (non-hydrogen) atoms. The van der Waals surface area contributed by atoms with Crippen molar-refractivity contribution in [2.75, 3.05) is 19.0 Å². The first-order valence-electron chi connectivity index (χ1n) is 8.11. The van der Waals surface area contributed by atoms with E-state index >= 15 is 0 Å². The van der Waals surface area contributed by atoms with E-state index in [0.29, 0.717) is 12.0 Å². The molecule has 2 heterocycles. The minimum Gasteiger partial charge on any atom is -0.497 e. The van der Waals surface area contributed by atoms with Crippen molar-refractivity contribution >= 4 is 11.7 Å². The molecular weight excluding hydrogens is 320 g/mol. The summed E-state index contributed by atoms with van der Waals surface area (Å²) in [6.45, 7) is 4.20. The summed E-state index contributed by atoms with van der Waals surface area (Å²) >= 11 is 0. The lowest BCUT2D eigenvalue weighted by atomic mass is 9.96. The summed E-state index contributed by atoms with van der Waals surface area (Å²) in [5, 5.41) is 16.3. The topological polar surface area (TPSA) is 89.2 Å². The SMILES string of the molecule is COc1ccc2c(c1)C[C@H](C(=O)Nc1nn(C(C)C)cc1C#N)CO2. The van der Waals surface area contributed by atoms with Crippen LogP contribution in [0.5, 0.6) is 11.5 Å². The summed E-state index contributed by atoms with van der Waals surface area (Å²) in [6.07, 6.45) is 2.18. The minimum absolute atomic E-state index is 0.107. The third-order valence-corrected chi connectivity index (χ3v) is 4.17. The molecule has 0 saturated carbocycles. The Kier molecular flexibility index (Phi) is 4.61. The molecule has 0 saturated heterocycles. The Bertz CT molecular complexity index is 835. The zero-order chi connectivity index (χ0) is 18.0. The number of nitrogens with zero attached hydrogens (tertiary/aromatic N) is 3. The van der Waals surface area contributed by atoms with Crippen LogP contribution in [0.1, 0.15) is 31.0 Å². The van der Waals surface area contributed by atoms with Gasteiger partial charge in [0.2, 0.25) is 5.91 Å². The van der Waals surface area contributed by atoms with E-state index in [1.165, 1.54) is 0 Å². The molecular formula is C18H20N4O3. The molecule has 0 radical (unpaired) electrons. The van der Waals surface area contributed by atoms with E-state index in [-0.39, 0.29) is 30.3 Å². The molecule has 1 amide bonds. The smallest absolute Gasteiger partial charge is 0.232 e. The number of amides is 1. The van der Waals surface area contributed by atoms with Crippen LogP contribution < -0.4 is 14.8 Å². The number of benzene rings is 1. The Balaban J connectivity index is 1.75. The number of hydrogen-bond donors (Lipinski definition) is 1. The molecule has 2 aromatic rings. The van der Waals surface area contributed by atoms with Gasteiger partial charge in [-0.25, -0.2) is 0 Å². The van der Waals surface area contributed by atoms with E-state index in [2.05, 4.69) is 16.5 Å². The highest BCUT2D eigenvalue weighted by Gasteiger charge is 2.27. The minimum atomic E-state index is -0.352. The highest BCUT2D eigenvalue weighted by atomic mass is 16.5. The molecule has 7 nitrogen and oxygen atoms in total. The van der Waals surface area contributed by atoms with Crippen molar-refractivity contribution < 1.29 is 14.3 Å². The number of carbonyl (C=O) groups excluding carboxylic acids is 1. The number of rotatable bonds is 4. The van der Waals surface area contributed by atoms with Crippen LogP contribution in [-0.2, 0) is 11.2 Å². The molecule has 0 unspecified atom stereocenters. The summed E-state index contributed by atoms with van der Waals surface area (Å²) < 4.78 is 12.6. The van der Waals surface area contributed by atoms with Crippen molar-refractivity contribution in [1.82, 2.24) is 9.78 Å². The van der Waals surface area contributed by atoms with Crippen LogP contribution in [0.2, 0.25) is 0 Å². The monoisotopic (exact) mass is 340 g/mol. The Morgan fingerprint density at radius 3 is 3.00 bits per heavy atom. The van der Waals surface area contributed by atoms with E-state index < -0.39 is 0 Å². The van der Waals surface area contributed by atoms with E-state index in [4.69, 9.17) is 9.47 Å². The Morgan fingerprint density at radius 2 is 2.32 bits per heavy atom. The van der Waals surface area contributed by atoms with E-state index in [0.717, 1.165) is 17.1 Å². The van der Waals surface area contributed by atoms with Crippen LogP contribution in [0.15, 0.2) is 24.4 Å². The average Bonchev–Trinajstić information content (AvgIpc) is 3.03. The van der Waals surface area contributed by atoms with Gasteiger partial charge in [0, 0.05) is 12.2 Å². The van der Waals surface area contributed by atoms with Gasteiger partial charge in [0.05, 0.1) is 13.0 Å². The maximum atomic E-state index is 12.6. The van der Waals surface area contributed by atoms with Crippen molar-refractivity contribution in [2.45, 2.75) is 26.3 Å². The Labute approximate surface area is 146 Å². The molecule has 0 bridgehead atoms. The average molecular weight is 340 g/mol. The first-order valence-corrected chi connectivity index (χ1v) is 8.11. The van der Waals surface area contributed by atoms with Gasteiger partial charge in [-0.15, -0.1) is 0 Å². The predicted octanol–water partition coefficient (Wildman–Crippen LogP) is 2.53.